The third-order valence-electron chi connectivity index (χ3n) is 8.63. The number of aromatic amines is 1. The topological polar surface area (TPSA) is 79.5 Å². The van der Waals surface area contributed by atoms with Gasteiger partial charge in [0.25, 0.3) is 0 Å². The first-order valence-corrected chi connectivity index (χ1v) is 14.0. The zero-order valence-corrected chi connectivity index (χ0v) is 21.5. The summed E-state index contributed by atoms with van der Waals surface area (Å²) in [6.45, 7) is 0. The molecule has 11 heteroatoms. The Morgan fingerprint density at radius 1 is 1.00 bits per heavy atom. The van der Waals surface area contributed by atoms with E-state index in [1.807, 2.05) is 24.3 Å². The van der Waals surface area contributed by atoms with Gasteiger partial charge in [0.05, 0.1) is 35.2 Å². The second-order valence-corrected chi connectivity index (χ2v) is 12.5. The van der Waals surface area contributed by atoms with E-state index in [0.29, 0.717) is 12.2 Å². The smallest absolute Gasteiger partial charge is 0.416 e. The molecule has 2 bridgehead atoms. The van der Waals surface area contributed by atoms with Crippen LogP contribution in [0.4, 0.5) is 18.9 Å². The van der Waals surface area contributed by atoms with Crippen molar-refractivity contribution in [1.82, 2.24) is 4.98 Å². The Kier molecular flexibility index (Phi) is 5.20. The van der Waals surface area contributed by atoms with Crippen molar-refractivity contribution in [3.05, 3.63) is 74.2 Å². The van der Waals surface area contributed by atoms with Gasteiger partial charge in [-0.3, -0.25) is 19.3 Å². The molecule has 0 spiro atoms. The van der Waals surface area contributed by atoms with Crippen molar-refractivity contribution in [1.29, 1.82) is 0 Å². The van der Waals surface area contributed by atoms with Gasteiger partial charge in [-0.1, -0.05) is 35.6 Å². The number of fused-ring (bicyclic) bond motifs is 9. The summed E-state index contributed by atoms with van der Waals surface area (Å²) in [6.07, 6.45) is -3.89. The molecule has 2 saturated carbocycles. The standard InChI is InChI=1S/C27H21F3N2O4S2/c1-36-16-8-3-2-7-13(16)17-18-14-10-15(21(18)37-23-22(17)38-26(35)31-23)20-19(14)24(33)32(25(20)34)12-6-4-5-11(9-12)27(28,29)30/h2-9,14-15,17-21H,10H2,1H3,(H,31,35)/t14?,15?,17-,18?,19?,20?,21?/m1/s1. The molecule has 2 amide bonds. The number of carbonyl (C=O) groups excluding carboxylic acids is 2. The lowest BCUT2D eigenvalue weighted by Crippen LogP contribution is -2.42. The fourth-order valence-electron chi connectivity index (χ4n) is 7.36. The number of nitrogens with one attached hydrogen (secondary N) is 1. The quantitative estimate of drug-likeness (QED) is 0.451. The zero-order valence-electron chi connectivity index (χ0n) is 19.9. The minimum absolute atomic E-state index is 0.0212. The SMILES string of the molecule is COc1ccccc1[C@H]1c2sc(=O)[nH]c2SC2C3CC(C4C(=O)N(c5cccc(C(F)(F)F)c5)C(=O)C34)C21. The molecule has 7 atom stereocenters. The largest absolute Gasteiger partial charge is 0.496 e. The number of alkyl halides is 3. The molecule has 3 aromatic rings. The Morgan fingerprint density at radius 3 is 2.47 bits per heavy atom. The lowest BCUT2D eigenvalue weighted by atomic mass is 9.68. The molecule has 2 aromatic carbocycles. The number of ether oxygens (including phenoxy) is 1. The average molecular weight is 559 g/mol. The maximum absolute atomic E-state index is 13.8. The molecule has 2 aliphatic carbocycles. The molecule has 3 heterocycles. The number of thiazole rings is 1. The van der Waals surface area contributed by atoms with Gasteiger partial charge in [0.1, 0.15) is 5.75 Å². The molecule has 0 radical (unpaired) electrons. The maximum Gasteiger partial charge on any atom is 0.416 e. The average Bonchev–Trinajstić information content (AvgIpc) is 3.62. The third-order valence-corrected chi connectivity index (χ3v) is 11.2. The summed E-state index contributed by atoms with van der Waals surface area (Å²) in [7, 11) is 1.59. The predicted octanol–water partition coefficient (Wildman–Crippen LogP) is 5.14. The molecule has 38 heavy (non-hydrogen) atoms. The van der Waals surface area contributed by atoms with Crippen LogP contribution < -0.4 is 14.5 Å². The minimum Gasteiger partial charge on any atom is -0.496 e. The predicted molar refractivity (Wildman–Crippen MR) is 135 cm³/mol. The van der Waals surface area contributed by atoms with Crippen molar-refractivity contribution in [2.24, 2.45) is 29.6 Å². The number of aromatic nitrogens is 1. The number of H-pyrrole nitrogens is 1. The van der Waals surface area contributed by atoms with Crippen LogP contribution in [0.1, 0.15) is 28.3 Å². The molecular weight excluding hydrogens is 537 g/mol. The van der Waals surface area contributed by atoms with Gasteiger partial charge in [0.15, 0.2) is 0 Å². The van der Waals surface area contributed by atoms with Crippen molar-refractivity contribution in [2.45, 2.75) is 28.8 Å². The van der Waals surface area contributed by atoms with E-state index in [1.54, 1.807) is 18.9 Å². The van der Waals surface area contributed by atoms with Crippen LogP contribution in [0.5, 0.6) is 5.75 Å². The lowest BCUT2D eigenvalue weighted by molar-refractivity contribution is -0.137. The number of para-hydroxylation sites is 1. The van der Waals surface area contributed by atoms with Gasteiger partial charge in [-0.05, 0) is 48.4 Å². The van der Waals surface area contributed by atoms with Gasteiger partial charge in [-0.25, -0.2) is 0 Å². The highest BCUT2D eigenvalue weighted by molar-refractivity contribution is 8.00. The summed E-state index contributed by atoms with van der Waals surface area (Å²) in [5.74, 6) is -1.84. The van der Waals surface area contributed by atoms with Crippen LogP contribution in [0, 0.1) is 29.6 Å². The van der Waals surface area contributed by atoms with E-state index in [9.17, 15) is 27.6 Å². The fourth-order valence-corrected chi connectivity index (χ4v) is 10.2. The van der Waals surface area contributed by atoms with Gasteiger partial charge in [-0.15, -0.1) is 11.8 Å². The molecule has 1 N–H and O–H groups in total. The van der Waals surface area contributed by atoms with Crippen molar-refractivity contribution >= 4 is 40.6 Å². The van der Waals surface area contributed by atoms with E-state index in [-0.39, 0.29) is 39.5 Å². The number of benzene rings is 2. The Balaban J connectivity index is 1.32. The van der Waals surface area contributed by atoms with Crippen molar-refractivity contribution in [3.63, 3.8) is 0 Å². The van der Waals surface area contributed by atoms with Crippen LogP contribution in [0.15, 0.2) is 58.4 Å². The molecule has 6 unspecified atom stereocenters. The highest BCUT2D eigenvalue weighted by Crippen LogP contribution is 2.69. The molecule has 196 valence electrons. The fraction of sp³-hybridized carbons (Fsp3) is 0.370. The molecule has 1 aromatic heterocycles. The second kappa shape index (κ2) is 8.22. The Hall–Kier alpha value is -3.05. The van der Waals surface area contributed by atoms with E-state index < -0.39 is 35.4 Å². The Morgan fingerprint density at radius 2 is 1.74 bits per heavy atom. The number of hydrogen-bond acceptors (Lipinski definition) is 6. The number of nitrogens with zero attached hydrogens (tertiary/aromatic N) is 1. The van der Waals surface area contributed by atoms with Crippen LogP contribution in [0.25, 0.3) is 0 Å². The summed E-state index contributed by atoms with van der Waals surface area (Å²) in [5, 5.41) is 0.764. The molecular formula is C27H21F3N2O4S2. The number of thioether (sulfide) groups is 1. The van der Waals surface area contributed by atoms with Gasteiger partial charge in [0, 0.05) is 21.6 Å². The highest BCUT2D eigenvalue weighted by Gasteiger charge is 2.69. The number of amides is 2. The molecule has 1 saturated heterocycles. The molecule has 6 nitrogen and oxygen atoms in total. The van der Waals surface area contributed by atoms with Crippen LogP contribution >= 0.6 is 23.1 Å². The number of carbonyl (C=O) groups is 2. The normalized spacial score (nSPS) is 31.4. The number of methoxy groups -OCH3 is 1. The number of hydrogen-bond donors (Lipinski definition) is 1. The summed E-state index contributed by atoms with van der Waals surface area (Å²) in [6, 6.07) is 12.1. The molecule has 7 rings (SSSR count). The zero-order chi connectivity index (χ0) is 26.5. The first-order chi connectivity index (χ1) is 18.2. The molecule has 4 aliphatic rings. The van der Waals surface area contributed by atoms with Gasteiger partial charge >= 0.3 is 11.0 Å². The van der Waals surface area contributed by atoms with Crippen LogP contribution in [-0.2, 0) is 15.8 Å². The first kappa shape index (κ1) is 24.0. The summed E-state index contributed by atoms with van der Waals surface area (Å²) in [5.41, 5.74) is -0.00846. The van der Waals surface area contributed by atoms with Gasteiger partial charge in [0.2, 0.25) is 11.8 Å². The number of imide groups is 1. The Labute approximate surface area is 223 Å². The lowest BCUT2D eigenvalue weighted by Gasteiger charge is -2.43. The minimum atomic E-state index is -4.58. The van der Waals surface area contributed by atoms with Crippen molar-refractivity contribution in [2.75, 3.05) is 12.0 Å². The summed E-state index contributed by atoms with van der Waals surface area (Å²) in [4.78, 5) is 44.5. The van der Waals surface area contributed by atoms with Crippen molar-refractivity contribution in [3.8, 4) is 5.75 Å². The van der Waals surface area contributed by atoms with Crippen LogP contribution in [-0.4, -0.2) is 29.2 Å². The highest BCUT2D eigenvalue weighted by atomic mass is 32.2. The number of rotatable bonds is 3. The number of halogens is 3. The third kappa shape index (κ3) is 3.24. The van der Waals surface area contributed by atoms with Gasteiger partial charge < -0.3 is 9.72 Å². The van der Waals surface area contributed by atoms with Crippen LogP contribution in [0.3, 0.4) is 0 Å². The molecule has 2 aliphatic heterocycles. The van der Waals surface area contributed by atoms with E-state index in [4.69, 9.17) is 4.74 Å². The van der Waals surface area contributed by atoms with E-state index in [2.05, 4.69) is 4.98 Å². The van der Waals surface area contributed by atoms with E-state index >= 15 is 0 Å². The van der Waals surface area contributed by atoms with E-state index in [1.165, 1.54) is 12.1 Å². The summed E-state index contributed by atoms with van der Waals surface area (Å²) < 4.78 is 45.8. The molecule has 3 fully saturated rings. The monoisotopic (exact) mass is 558 g/mol. The summed E-state index contributed by atoms with van der Waals surface area (Å²) >= 11 is 2.72. The van der Waals surface area contributed by atoms with Gasteiger partial charge in [-0.2, -0.15) is 13.2 Å². The van der Waals surface area contributed by atoms with E-state index in [0.717, 1.165) is 43.8 Å². The Bertz CT molecular complexity index is 1550. The second-order valence-electron chi connectivity index (χ2n) is 10.3. The number of anilines is 1. The maximum atomic E-state index is 13.8. The van der Waals surface area contributed by atoms with Crippen molar-refractivity contribution < 1.29 is 27.5 Å². The first-order valence-electron chi connectivity index (χ1n) is 12.3. The van der Waals surface area contributed by atoms with Crippen LogP contribution in [0.2, 0.25) is 0 Å².